The van der Waals surface area contributed by atoms with Crippen LogP contribution in [0.1, 0.15) is 23.7 Å². The quantitative estimate of drug-likeness (QED) is 0.191. The van der Waals surface area contributed by atoms with Crippen LogP contribution in [0.15, 0.2) is 67.3 Å². The molecule has 1 N–H and O–H groups in total. The van der Waals surface area contributed by atoms with Gasteiger partial charge in [-0.3, -0.25) is 4.57 Å². The summed E-state index contributed by atoms with van der Waals surface area (Å²) in [5, 5.41) is 11.3. The first-order valence-corrected chi connectivity index (χ1v) is 13.8. The second kappa shape index (κ2) is 15.9. The normalized spacial score (nSPS) is 10.4. The largest absolute Gasteiger partial charge is 0.489 e. The third-order valence-corrected chi connectivity index (χ3v) is 6.47. The number of esters is 1. The topological polar surface area (TPSA) is 120 Å². The maximum Gasteiger partial charge on any atom is 0.342 e. The van der Waals surface area contributed by atoms with Gasteiger partial charge in [0.05, 0.1) is 23.7 Å². The molecule has 0 fully saturated rings. The first-order chi connectivity index (χ1) is 20.2. The fourth-order valence-electron chi connectivity index (χ4n) is 3.86. The lowest BCUT2D eigenvalue weighted by molar-refractivity contribution is -0.139. The highest BCUT2D eigenvalue weighted by Gasteiger charge is 2.18. The molecule has 0 aliphatic heterocycles. The third kappa shape index (κ3) is 8.75. The van der Waals surface area contributed by atoms with Crippen LogP contribution in [0, 0.1) is 0 Å². The lowest BCUT2D eigenvalue weighted by Gasteiger charge is -2.22. The minimum Gasteiger partial charge on any atom is -0.489 e. The van der Waals surface area contributed by atoms with E-state index < -0.39 is 18.5 Å². The number of carboxylic acids is 1. The van der Waals surface area contributed by atoms with Gasteiger partial charge in [0, 0.05) is 24.0 Å². The minimum absolute atomic E-state index is 0.152. The first-order valence-electron chi connectivity index (χ1n) is 12.7. The van der Waals surface area contributed by atoms with Crippen molar-refractivity contribution >= 4 is 63.5 Å². The molecule has 0 saturated carbocycles. The number of halogens is 3. The molecule has 0 atom stereocenters. The SMILES string of the molecule is CCCN(CCOc1c(Cl)cc(Cl)cc1Cl)C(=O)n1ccnc1.COC(=O)c1c(OCC(=O)O)ccc2ccccc12. The fraction of sp³-hybridized carbons (Fsp3) is 0.241. The predicted molar refractivity (Wildman–Crippen MR) is 160 cm³/mol. The van der Waals surface area contributed by atoms with E-state index in [0.29, 0.717) is 39.3 Å². The first kappa shape index (κ1) is 32.5. The number of carbonyl (C=O) groups excluding carboxylic acids is 2. The molecule has 0 spiro atoms. The maximum absolute atomic E-state index is 12.3. The summed E-state index contributed by atoms with van der Waals surface area (Å²) in [6, 6.07) is 13.5. The van der Waals surface area contributed by atoms with Crippen LogP contribution in [0.5, 0.6) is 11.5 Å². The molecule has 0 unspecified atom stereocenters. The Hall–Kier alpha value is -3.99. The van der Waals surface area contributed by atoms with Gasteiger partial charge >= 0.3 is 18.0 Å². The van der Waals surface area contributed by atoms with Crippen molar-refractivity contribution in [3.63, 3.8) is 0 Å². The Morgan fingerprint density at radius 3 is 2.33 bits per heavy atom. The number of fused-ring (bicyclic) bond motifs is 1. The van der Waals surface area contributed by atoms with E-state index in [2.05, 4.69) is 4.98 Å². The van der Waals surface area contributed by atoms with E-state index in [1.807, 2.05) is 19.1 Å². The van der Waals surface area contributed by atoms with Gasteiger partial charge in [0.15, 0.2) is 12.4 Å². The van der Waals surface area contributed by atoms with Crippen molar-refractivity contribution in [2.75, 3.05) is 33.4 Å². The Kier molecular flexibility index (Phi) is 12.3. The average Bonchev–Trinajstić information content (AvgIpc) is 3.51. The third-order valence-electron chi connectivity index (χ3n) is 5.69. The van der Waals surface area contributed by atoms with E-state index in [9.17, 15) is 14.4 Å². The van der Waals surface area contributed by atoms with Gasteiger partial charge in [-0.05, 0) is 35.4 Å². The van der Waals surface area contributed by atoms with Gasteiger partial charge in [0.1, 0.15) is 24.2 Å². The molecule has 10 nitrogen and oxygen atoms in total. The molecule has 0 aliphatic carbocycles. The summed E-state index contributed by atoms with van der Waals surface area (Å²) in [5.41, 5.74) is 0.238. The van der Waals surface area contributed by atoms with Gasteiger partial charge < -0.3 is 24.2 Å². The lowest BCUT2D eigenvalue weighted by Crippen LogP contribution is -2.37. The summed E-state index contributed by atoms with van der Waals surface area (Å²) in [6.07, 6.45) is 5.48. The van der Waals surface area contributed by atoms with Crippen LogP contribution >= 0.6 is 34.8 Å². The highest BCUT2D eigenvalue weighted by Crippen LogP contribution is 2.35. The molecule has 4 aromatic rings. The van der Waals surface area contributed by atoms with Crippen LogP contribution in [0.4, 0.5) is 4.79 Å². The maximum atomic E-state index is 12.3. The summed E-state index contributed by atoms with van der Waals surface area (Å²) in [6.45, 7) is 2.77. The number of hydrogen-bond donors (Lipinski definition) is 1. The molecular weight excluding hydrogens is 609 g/mol. The van der Waals surface area contributed by atoms with Crippen LogP contribution in [-0.4, -0.2) is 70.9 Å². The van der Waals surface area contributed by atoms with Crippen molar-refractivity contribution in [2.45, 2.75) is 13.3 Å². The van der Waals surface area contributed by atoms with Crippen molar-refractivity contribution < 1.29 is 33.7 Å². The Bertz CT molecular complexity index is 1510. The van der Waals surface area contributed by atoms with Crippen LogP contribution in [0.3, 0.4) is 0 Å². The van der Waals surface area contributed by atoms with E-state index in [1.54, 1.807) is 53.7 Å². The molecule has 4 rings (SSSR count). The molecule has 1 aromatic heterocycles. The number of ether oxygens (including phenoxy) is 3. The number of carbonyl (C=O) groups is 3. The molecule has 0 aliphatic rings. The molecule has 1 amide bonds. The smallest absolute Gasteiger partial charge is 0.342 e. The summed E-state index contributed by atoms with van der Waals surface area (Å²) in [4.78, 5) is 40.3. The standard InChI is InChI=1S/C15H16Cl3N3O2.C14H12O5/c1-2-4-20(15(22)21-5-3-19-10-21)6-7-23-14-12(17)8-11(16)9-13(14)18;1-18-14(17)13-10-5-3-2-4-9(10)6-7-11(13)19-8-12(15)16/h3,5,8-10H,2,4,6-7H2,1H3;2-7H,8H2,1H3,(H,15,16). The van der Waals surface area contributed by atoms with Crippen molar-refractivity contribution in [1.82, 2.24) is 14.5 Å². The minimum atomic E-state index is -1.11. The summed E-state index contributed by atoms with van der Waals surface area (Å²) >= 11 is 18.0. The molecule has 0 bridgehead atoms. The van der Waals surface area contributed by atoms with Crippen molar-refractivity contribution in [3.8, 4) is 11.5 Å². The monoisotopic (exact) mass is 635 g/mol. The summed E-state index contributed by atoms with van der Waals surface area (Å²) < 4.78 is 16.9. The second-order valence-electron chi connectivity index (χ2n) is 8.62. The van der Waals surface area contributed by atoms with Gasteiger partial charge in [-0.1, -0.05) is 72.1 Å². The zero-order valence-corrected chi connectivity index (χ0v) is 25.0. The zero-order valence-electron chi connectivity index (χ0n) is 22.8. The number of imidazole rings is 1. The van der Waals surface area contributed by atoms with Crippen molar-refractivity contribution in [2.24, 2.45) is 0 Å². The Morgan fingerprint density at radius 1 is 1.00 bits per heavy atom. The Balaban J connectivity index is 0.000000235. The van der Waals surface area contributed by atoms with Crippen molar-refractivity contribution in [1.29, 1.82) is 0 Å². The van der Waals surface area contributed by atoms with E-state index in [-0.39, 0.29) is 24.0 Å². The van der Waals surface area contributed by atoms with E-state index in [4.69, 9.17) is 54.1 Å². The van der Waals surface area contributed by atoms with Gasteiger partial charge in [-0.2, -0.15) is 0 Å². The number of hydrogen-bond acceptors (Lipinski definition) is 7. The van der Waals surface area contributed by atoms with Crippen LogP contribution < -0.4 is 9.47 Å². The molecule has 42 heavy (non-hydrogen) atoms. The number of aromatic nitrogens is 2. The number of benzene rings is 3. The Morgan fingerprint density at radius 2 is 1.71 bits per heavy atom. The number of rotatable bonds is 10. The van der Waals surface area contributed by atoms with E-state index >= 15 is 0 Å². The zero-order chi connectivity index (χ0) is 30.6. The summed E-state index contributed by atoms with van der Waals surface area (Å²) in [5.74, 6) is -1.10. The molecular formula is C29H28Cl3N3O7. The summed E-state index contributed by atoms with van der Waals surface area (Å²) in [7, 11) is 1.27. The average molecular weight is 637 g/mol. The number of aliphatic carboxylic acids is 1. The van der Waals surface area contributed by atoms with Crippen molar-refractivity contribution in [3.05, 3.63) is 87.9 Å². The van der Waals surface area contributed by atoms with Crippen LogP contribution in [0.25, 0.3) is 10.8 Å². The van der Waals surface area contributed by atoms with Crippen LogP contribution in [-0.2, 0) is 9.53 Å². The highest BCUT2D eigenvalue weighted by atomic mass is 35.5. The van der Waals surface area contributed by atoms with Gasteiger partial charge in [-0.15, -0.1) is 0 Å². The van der Waals surface area contributed by atoms with Gasteiger partial charge in [0.2, 0.25) is 0 Å². The molecule has 0 radical (unpaired) electrons. The molecule has 1 heterocycles. The highest BCUT2D eigenvalue weighted by molar-refractivity contribution is 6.40. The Labute approximate surface area is 257 Å². The van der Waals surface area contributed by atoms with Gasteiger partial charge in [-0.25, -0.2) is 19.4 Å². The molecule has 3 aromatic carbocycles. The predicted octanol–water partition coefficient (Wildman–Crippen LogP) is 6.69. The van der Waals surface area contributed by atoms with E-state index in [0.717, 1.165) is 11.8 Å². The molecule has 0 saturated heterocycles. The lowest BCUT2D eigenvalue weighted by atomic mass is 10.0. The number of carboxylic acid groups (broad SMARTS) is 1. The number of amides is 1. The van der Waals surface area contributed by atoms with Gasteiger partial charge in [0.25, 0.3) is 0 Å². The van der Waals surface area contributed by atoms with E-state index in [1.165, 1.54) is 18.0 Å². The fourth-order valence-corrected chi connectivity index (χ4v) is 4.78. The van der Waals surface area contributed by atoms with Crippen LogP contribution in [0.2, 0.25) is 15.1 Å². The second-order valence-corrected chi connectivity index (χ2v) is 9.87. The number of methoxy groups -OCH3 is 1. The molecule has 222 valence electrons. The molecule has 13 heteroatoms. The number of nitrogens with zero attached hydrogens (tertiary/aromatic N) is 3.